The van der Waals surface area contributed by atoms with Crippen LogP contribution in [0.1, 0.15) is 27.9 Å². The van der Waals surface area contributed by atoms with E-state index in [4.69, 9.17) is 9.47 Å². The highest BCUT2D eigenvalue weighted by Crippen LogP contribution is 2.20. The van der Waals surface area contributed by atoms with Gasteiger partial charge in [0.1, 0.15) is 5.75 Å². The molecule has 1 saturated heterocycles. The van der Waals surface area contributed by atoms with E-state index < -0.39 is 36.2 Å². The van der Waals surface area contributed by atoms with Crippen molar-refractivity contribution in [3.05, 3.63) is 59.2 Å². The molecule has 1 heterocycles. The maximum atomic E-state index is 12.5. The minimum absolute atomic E-state index is 0.0444. The summed E-state index contributed by atoms with van der Waals surface area (Å²) in [5.41, 5.74) is 5.36. The zero-order valence-electron chi connectivity index (χ0n) is 18.1. The van der Waals surface area contributed by atoms with Gasteiger partial charge in [-0.25, -0.2) is 0 Å². The van der Waals surface area contributed by atoms with Crippen molar-refractivity contribution in [1.29, 1.82) is 0 Å². The Morgan fingerprint density at radius 2 is 1.78 bits per heavy atom. The molecule has 2 N–H and O–H groups in total. The van der Waals surface area contributed by atoms with Crippen molar-refractivity contribution in [2.45, 2.75) is 20.3 Å². The van der Waals surface area contributed by atoms with Gasteiger partial charge in [0, 0.05) is 12.1 Å². The highest BCUT2D eigenvalue weighted by atomic mass is 16.5. The van der Waals surface area contributed by atoms with Crippen LogP contribution in [0.2, 0.25) is 0 Å². The molecule has 2 aromatic rings. The van der Waals surface area contributed by atoms with E-state index in [0.29, 0.717) is 11.4 Å². The molecule has 1 aliphatic rings. The second-order valence-corrected chi connectivity index (χ2v) is 7.58. The Labute approximate surface area is 185 Å². The third-order valence-corrected chi connectivity index (χ3v) is 4.90. The summed E-state index contributed by atoms with van der Waals surface area (Å²) in [4.78, 5) is 49.2. The summed E-state index contributed by atoms with van der Waals surface area (Å²) in [7, 11) is 1.44. The molecule has 1 fully saturated rings. The van der Waals surface area contributed by atoms with Crippen LogP contribution in [0.4, 0.5) is 5.69 Å². The van der Waals surface area contributed by atoms with Gasteiger partial charge in [-0.05, 0) is 49.2 Å². The molecule has 1 aliphatic heterocycles. The summed E-state index contributed by atoms with van der Waals surface area (Å²) in [5.74, 6) is -2.53. The molecular weight excluding hydrogens is 414 g/mol. The van der Waals surface area contributed by atoms with Crippen LogP contribution in [0, 0.1) is 19.8 Å². The average molecular weight is 439 g/mol. The summed E-state index contributed by atoms with van der Waals surface area (Å²) in [6, 6.07) is 12.2. The number of nitrogens with one attached hydrogen (secondary N) is 2. The first-order valence-electron chi connectivity index (χ1n) is 10.1. The monoisotopic (exact) mass is 439 g/mol. The predicted molar refractivity (Wildman–Crippen MR) is 116 cm³/mol. The number of carbonyl (C=O) groups is 4. The Morgan fingerprint density at radius 1 is 1.09 bits per heavy atom. The number of aryl methyl sites for hydroxylation is 2. The van der Waals surface area contributed by atoms with Gasteiger partial charge in [-0.2, -0.15) is 0 Å². The fraction of sp³-hybridized carbons (Fsp3) is 0.304. The summed E-state index contributed by atoms with van der Waals surface area (Å²) >= 11 is 0. The number of hydrogen-bond acceptors (Lipinski definition) is 6. The van der Waals surface area contributed by atoms with Gasteiger partial charge in [0.25, 0.3) is 11.8 Å². The van der Waals surface area contributed by atoms with Crippen molar-refractivity contribution in [2.75, 3.05) is 25.6 Å². The van der Waals surface area contributed by atoms with E-state index >= 15 is 0 Å². The topological polar surface area (TPSA) is 114 Å². The van der Waals surface area contributed by atoms with E-state index in [2.05, 4.69) is 10.7 Å². The van der Waals surface area contributed by atoms with Crippen molar-refractivity contribution >= 4 is 29.4 Å². The third kappa shape index (κ3) is 5.63. The van der Waals surface area contributed by atoms with Gasteiger partial charge in [-0.1, -0.05) is 18.2 Å². The van der Waals surface area contributed by atoms with Crippen LogP contribution < -0.4 is 15.5 Å². The molecule has 2 aromatic carbocycles. The number of para-hydroxylation sites is 1. The molecular formula is C23H25N3O6. The number of rotatable bonds is 7. The smallest absolute Gasteiger partial charge is 0.311 e. The lowest BCUT2D eigenvalue weighted by Gasteiger charge is -2.18. The largest absolute Gasteiger partial charge is 0.496 e. The van der Waals surface area contributed by atoms with Gasteiger partial charge in [-0.15, -0.1) is 0 Å². The van der Waals surface area contributed by atoms with E-state index in [1.54, 1.807) is 24.3 Å². The quantitative estimate of drug-likeness (QED) is 0.638. The number of benzene rings is 2. The van der Waals surface area contributed by atoms with Gasteiger partial charge in [-0.3, -0.25) is 29.6 Å². The van der Waals surface area contributed by atoms with Crippen molar-refractivity contribution < 1.29 is 28.7 Å². The van der Waals surface area contributed by atoms with Crippen LogP contribution in [0.5, 0.6) is 5.75 Å². The van der Waals surface area contributed by atoms with Crippen molar-refractivity contribution in [1.82, 2.24) is 10.4 Å². The molecule has 1 atom stereocenters. The van der Waals surface area contributed by atoms with Crippen molar-refractivity contribution in [3.63, 3.8) is 0 Å². The minimum Gasteiger partial charge on any atom is -0.496 e. The Balaban J connectivity index is 1.51. The van der Waals surface area contributed by atoms with Crippen LogP contribution >= 0.6 is 0 Å². The predicted octanol–water partition coefficient (Wildman–Crippen LogP) is 1.99. The van der Waals surface area contributed by atoms with E-state index in [0.717, 1.165) is 16.1 Å². The highest BCUT2D eigenvalue weighted by molar-refractivity contribution is 5.98. The van der Waals surface area contributed by atoms with Gasteiger partial charge in [0.2, 0.25) is 5.91 Å². The molecule has 0 unspecified atom stereocenters. The summed E-state index contributed by atoms with van der Waals surface area (Å²) in [6.45, 7) is 3.32. The average Bonchev–Trinajstić information content (AvgIpc) is 3.11. The second-order valence-electron chi connectivity index (χ2n) is 7.58. The molecule has 9 nitrogen and oxygen atoms in total. The summed E-state index contributed by atoms with van der Waals surface area (Å²) in [5, 5.41) is 3.76. The SMILES string of the molecule is COc1ccccc1C(=O)NN1C[C@@H](C(=O)OCC(=O)Nc2cc(C)cc(C)c2)CC1=O. The van der Waals surface area contributed by atoms with Crippen molar-refractivity contribution in [2.24, 2.45) is 5.92 Å². The standard InChI is InChI=1S/C23H25N3O6/c1-14-8-15(2)10-17(9-14)24-20(27)13-32-23(30)16-11-21(28)26(12-16)25-22(29)18-6-4-5-7-19(18)31-3/h4-10,16H,11-13H2,1-3H3,(H,24,27)(H,25,29)/t16-/m0/s1. The number of anilines is 1. The fourth-order valence-electron chi connectivity index (χ4n) is 3.49. The molecule has 0 aliphatic carbocycles. The zero-order valence-corrected chi connectivity index (χ0v) is 18.1. The number of methoxy groups -OCH3 is 1. The Hall–Kier alpha value is -3.88. The molecule has 0 radical (unpaired) electrons. The normalized spacial score (nSPS) is 15.3. The lowest BCUT2D eigenvalue weighted by molar-refractivity contribution is -0.151. The number of carbonyl (C=O) groups excluding carboxylic acids is 4. The first kappa shape index (κ1) is 22.8. The maximum Gasteiger partial charge on any atom is 0.311 e. The van der Waals surface area contributed by atoms with Crippen molar-refractivity contribution in [3.8, 4) is 5.75 Å². The van der Waals surface area contributed by atoms with Crippen LogP contribution in [0.15, 0.2) is 42.5 Å². The Morgan fingerprint density at radius 3 is 2.47 bits per heavy atom. The van der Waals surface area contributed by atoms with Crippen LogP contribution in [0.25, 0.3) is 0 Å². The Kier molecular flexibility index (Phi) is 7.09. The lowest BCUT2D eigenvalue weighted by atomic mass is 10.1. The third-order valence-electron chi connectivity index (χ3n) is 4.90. The van der Waals surface area contributed by atoms with Crippen LogP contribution in [0.3, 0.4) is 0 Å². The maximum absolute atomic E-state index is 12.5. The number of hydrazine groups is 1. The minimum atomic E-state index is -0.783. The first-order chi connectivity index (χ1) is 15.3. The summed E-state index contributed by atoms with van der Waals surface area (Å²) < 4.78 is 10.2. The van der Waals surface area contributed by atoms with Crippen LogP contribution in [-0.2, 0) is 19.1 Å². The first-order valence-corrected chi connectivity index (χ1v) is 10.1. The molecule has 32 heavy (non-hydrogen) atoms. The van der Waals surface area contributed by atoms with E-state index in [1.807, 2.05) is 32.0 Å². The molecule has 0 aromatic heterocycles. The molecule has 3 amide bonds. The van der Waals surface area contributed by atoms with Gasteiger partial charge in [0.05, 0.1) is 25.1 Å². The van der Waals surface area contributed by atoms with Gasteiger partial charge >= 0.3 is 5.97 Å². The van der Waals surface area contributed by atoms with E-state index in [9.17, 15) is 19.2 Å². The highest BCUT2D eigenvalue weighted by Gasteiger charge is 2.37. The number of esters is 1. The van der Waals surface area contributed by atoms with E-state index in [1.165, 1.54) is 7.11 Å². The molecule has 9 heteroatoms. The lowest BCUT2D eigenvalue weighted by Crippen LogP contribution is -2.43. The molecule has 0 saturated carbocycles. The van der Waals surface area contributed by atoms with Crippen LogP contribution in [-0.4, -0.2) is 49.0 Å². The second kappa shape index (κ2) is 9.95. The molecule has 0 spiro atoms. The number of amides is 3. The fourth-order valence-corrected chi connectivity index (χ4v) is 3.49. The molecule has 0 bridgehead atoms. The number of hydrogen-bond donors (Lipinski definition) is 2. The zero-order chi connectivity index (χ0) is 23.3. The van der Waals surface area contributed by atoms with Gasteiger partial charge in [0.15, 0.2) is 6.61 Å². The number of ether oxygens (including phenoxy) is 2. The number of nitrogens with zero attached hydrogens (tertiary/aromatic N) is 1. The van der Waals surface area contributed by atoms with Gasteiger partial charge < -0.3 is 14.8 Å². The summed E-state index contributed by atoms with van der Waals surface area (Å²) in [6.07, 6.45) is -0.121. The molecule has 3 rings (SSSR count). The van der Waals surface area contributed by atoms with E-state index in [-0.39, 0.29) is 18.5 Å². The Bertz CT molecular complexity index is 1030. The molecule has 168 valence electrons.